The average Bonchev–Trinajstić information content (AvgIpc) is 3.00. The molecule has 1 N–H and O–H groups in total. The van der Waals surface area contributed by atoms with E-state index in [2.05, 4.69) is 26.2 Å². The lowest BCUT2D eigenvalue weighted by atomic mass is 10.2. The largest absolute Gasteiger partial charge is 0.350 e. The van der Waals surface area contributed by atoms with Gasteiger partial charge >= 0.3 is 0 Å². The third-order valence-electron chi connectivity index (χ3n) is 4.79. The fraction of sp³-hybridized carbons (Fsp3) is 0.190. The van der Waals surface area contributed by atoms with Crippen LogP contribution in [0.25, 0.3) is 16.6 Å². The molecule has 6 nitrogen and oxygen atoms in total. The Morgan fingerprint density at radius 2 is 1.96 bits per heavy atom. The Hall–Kier alpha value is -2.93. The molecular weight excluding hydrogens is 420 g/mol. The number of para-hydroxylation sites is 1. The number of hydrogen-bond donors (Lipinski definition) is 1. The Labute approximate surface area is 169 Å². The third-order valence-corrected chi connectivity index (χ3v) is 5.29. The molecule has 4 aromatic rings. The molecule has 0 aliphatic carbocycles. The van der Waals surface area contributed by atoms with Gasteiger partial charge in [-0.2, -0.15) is 4.98 Å². The molecular formula is C21H19BrN4O2. The Morgan fingerprint density at radius 1 is 1.18 bits per heavy atom. The first-order valence-electron chi connectivity index (χ1n) is 8.97. The number of carbonyl (C=O) groups is 1. The number of carbonyl (C=O) groups excluding carboxylic acids is 1. The fourth-order valence-corrected chi connectivity index (χ4v) is 3.93. The first-order valence-corrected chi connectivity index (χ1v) is 9.77. The number of fused-ring (bicyclic) bond motifs is 3. The van der Waals surface area contributed by atoms with Gasteiger partial charge in [-0.25, -0.2) is 4.52 Å². The van der Waals surface area contributed by atoms with E-state index in [0.717, 1.165) is 26.6 Å². The highest BCUT2D eigenvalue weighted by molar-refractivity contribution is 9.10. The highest BCUT2D eigenvalue weighted by Crippen LogP contribution is 2.25. The van der Waals surface area contributed by atoms with Crippen molar-refractivity contribution in [3.8, 4) is 0 Å². The van der Waals surface area contributed by atoms with Crippen molar-refractivity contribution < 1.29 is 4.79 Å². The number of rotatable bonds is 4. The van der Waals surface area contributed by atoms with Crippen molar-refractivity contribution in [3.05, 3.63) is 80.7 Å². The van der Waals surface area contributed by atoms with E-state index in [1.54, 1.807) is 0 Å². The lowest BCUT2D eigenvalue weighted by molar-refractivity contribution is -0.124. The molecule has 1 atom stereocenters. The summed E-state index contributed by atoms with van der Waals surface area (Å²) in [4.78, 5) is 29.0. The molecule has 2 aromatic carbocycles. The van der Waals surface area contributed by atoms with Crippen LogP contribution < -0.4 is 10.9 Å². The maximum absolute atomic E-state index is 12.9. The lowest BCUT2D eigenvalue weighted by Crippen LogP contribution is -2.32. The minimum atomic E-state index is -0.488. The molecule has 4 rings (SSSR count). The molecule has 0 saturated heterocycles. The van der Waals surface area contributed by atoms with Gasteiger partial charge in [0.25, 0.3) is 5.56 Å². The van der Waals surface area contributed by atoms with Gasteiger partial charge in [0, 0.05) is 28.2 Å². The van der Waals surface area contributed by atoms with Crippen LogP contribution in [-0.4, -0.2) is 20.1 Å². The monoisotopic (exact) mass is 438 g/mol. The van der Waals surface area contributed by atoms with Gasteiger partial charge in [-0.3, -0.25) is 14.3 Å². The van der Waals surface area contributed by atoms with Crippen molar-refractivity contribution in [2.75, 3.05) is 0 Å². The van der Waals surface area contributed by atoms with Gasteiger partial charge in [0.15, 0.2) is 5.65 Å². The summed E-state index contributed by atoms with van der Waals surface area (Å²) in [5.74, 6) is -0.110. The molecule has 0 aliphatic rings. The van der Waals surface area contributed by atoms with Crippen LogP contribution >= 0.6 is 15.9 Å². The summed E-state index contributed by atoms with van der Waals surface area (Å²) >= 11 is 3.45. The van der Waals surface area contributed by atoms with Crippen molar-refractivity contribution in [3.63, 3.8) is 0 Å². The number of nitrogens with one attached hydrogen (secondary N) is 1. The molecule has 0 bridgehead atoms. The van der Waals surface area contributed by atoms with E-state index < -0.39 is 6.04 Å². The van der Waals surface area contributed by atoms with Gasteiger partial charge < -0.3 is 5.32 Å². The van der Waals surface area contributed by atoms with Crippen molar-refractivity contribution in [1.82, 2.24) is 19.5 Å². The lowest BCUT2D eigenvalue weighted by Gasteiger charge is -2.18. The molecule has 1 amide bonds. The molecule has 0 saturated carbocycles. The van der Waals surface area contributed by atoms with Gasteiger partial charge in [0.2, 0.25) is 5.91 Å². The average molecular weight is 439 g/mol. The zero-order chi connectivity index (χ0) is 19.8. The maximum Gasteiger partial charge on any atom is 0.273 e. The second-order valence-corrected chi connectivity index (χ2v) is 7.67. The molecule has 2 aromatic heterocycles. The van der Waals surface area contributed by atoms with Crippen molar-refractivity contribution >= 4 is 38.4 Å². The van der Waals surface area contributed by atoms with Crippen molar-refractivity contribution in [2.24, 2.45) is 0 Å². The van der Waals surface area contributed by atoms with Crippen LogP contribution in [-0.2, 0) is 11.3 Å². The maximum atomic E-state index is 12.9. The van der Waals surface area contributed by atoms with Crippen LogP contribution in [0.2, 0.25) is 0 Å². The van der Waals surface area contributed by atoms with Crippen LogP contribution in [0.3, 0.4) is 0 Å². The minimum Gasteiger partial charge on any atom is -0.350 e. The Kier molecular flexibility index (Phi) is 4.77. The highest BCUT2D eigenvalue weighted by Gasteiger charge is 2.22. The topological polar surface area (TPSA) is 68.4 Å². The van der Waals surface area contributed by atoms with Crippen LogP contribution in [0.5, 0.6) is 0 Å². The number of aromatic nitrogens is 3. The SMILES string of the molecule is Cc1cc(=O)nc2c3ccccc3n([C@@H](C)C(=O)NCc3cccc(Br)c3)n12. The minimum absolute atomic E-state index is 0.110. The fourth-order valence-electron chi connectivity index (χ4n) is 3.48. The Morgan fingerprint density at radius 3 is 2.75 bits per heavy atom. The molecule has 0 spiro atoms. The number of hydrogen-bond acceptors (Lipinski definition) is 3. The second-order valence-electron chi connectivity index (χ2n) is 6.76. The van der Waals surface area contributed by atoms with E-state index in [0.29, 0.717) is 12.2 Å². The van der Waals surface area contributed by atoms with E-state index in [1.807, 2.05) is 71.6 Å². The van der Waals surface area contributed by atoms with Crippen molar-refractivity contribution in [1.29, 1.82) is 0 Å². The summed E-state index contributed by atoms with van der Waals surface area (Å²) in [5, 5.41) is 3.84. The molecule has 142 valence electrons. The summed E-state index contributed by atoms with van der Waals surface area (Å²) in [6.07, 6.45) is 0. The standard InChI is InChI=1S/C21H19BrN4O2/c1-13-10-19(27)24-20-17-8-3-4-9-18(17)26(25(13)20)14(2)21(28)23-12-15-6-5-7-16(22)11-15/h3-11,14H,12H2,1-2H3,(H,23,28)/t14-/m0/s1. The molecule has 7 heteroatoms. The summed E-state index contributed by atoms with van der Waals surface area (Å²) in [7, 11) is 0. The summed E-state index contributed by atoms with van der Waals surface area (Å²) in [5.41, 5.74) is 2.88. The van der Waals surface area contributed by atoms with Gasteiger partial charge in [0.05, 0.1) is 5.52 Å². The summed E-state index contributed by atoms with van der Waals surface area (Å²) in [6.45, 7) is 4.13. The normalized spacial score (nSPS) is 12.4. The Balaban J connectivity index is 1.74. The van der Waals surface area contributed by atoms with Crippen LogP contribution in [0.15, 0.2) is 63.9 Å². The smallest absolute Gasteiger partial charge is 0.273 e. The quantitative estimate of drug-likeness (QED) is 0.529. The summed E-state index contributed by atoms with van der Waals surface area (Å²) in [6, 6.07) is 16.5. The van der Waals surface area contributed by atoms with Crippen LogP contribution in [0.4, 0.5) is 0 Å². The predicted octanol–water partition coefficient (Wildman–Crippen LogP) is 3.60. The van der Waals surface area contributed by atoms with Gasteiger partial charge in [-0.15, -0.1) is 0 Å². The molecule has 0 radical (unpaired) electrons. The predicted molar refractivity (Wildman–Crippen MR) is 112 cm³/mol. The van der Waals surface area contributed by atoms with Gasteiger partial charge in [0.1, 0.15) is 6.04 Å². The zero-order valence-corrected chi connectivity index (χ0v) is 17.1. The van der Waals surface area contributed by atoms with Crippen LogP contribution in [0.1, 0.15) is 24.2 Å². The number of amides is 1. The molecule has 0 aliphatic heterocycles. The van der Waals surface area contributed by atoms with E-state index in [4.69, 9.17) is 0 Å². The van der Waals surface area contributed by atoms with E-state index in [9.17, 15) is 9.59 Å². The van der Waals surface area contributed by atoms with Crippen molar-refractivity contribution in [2.45, 2.75) is 26.4 Å². The molecule has 2 heterocycles. The number of benzene rings is 2. The van der Waals surface area contributed by atoms with Gasteiger partial charge in [-0.05, 0) is 43.7 Å². The molecule has 0 unspecified atom stereocenters. The van der Waals surface area contributed by atoms with E-state index >= 15 is 0 Å². The third kappa shape index (κ3) is 3.22. The number of nitrogens with zero attached hydrogens (tertiary/aromatic N) is 3. The zero-order valence-electron chi connectivity index (χ0n) is 15.5. The Bertz CT molecular complexity index is 1260. The number of halogens is 1. The van der Waals surface area contributed by atoms with E-state index in [-0.39, 0.29) is 11.5 Å². The van der Waals surface area contributed by atoms with Crippen LogP contribution in [0, 0.1) is 6.92 Å². The summed E-state index contributed by atoms with van der Waals surface area (Å²) < 4.78 is 4.71. The number of aryl methyl sites for hydroxylation is 1. The first kappa shape index (κ1) is 18.4. The molecule has 0 fully saturated rings. The van der Waals surface area contributed by atoms with Gasteiger partial charge in [-0.1, -0.05) is 40.2 Å². The molecule has 28 heavy (non-hydrogen) atoms. The van der Waals surface area contributed by atoms with E-state index in [1.165, 1.54) is 6.07 Å². The highest BCUT2D eigenvalue weighted by atomic mass is 79.9. The second kappa shape index (κ2) is 7.24. The first-order chi connectivity index (χ1) is 13.5.